The molecule has 1 atom stereocenters. The molecule has 1 unspecified atom stereocenters. The van der Waals surface area contributed by atoms with Gasteiger partial charge in [0.15, 0.2) is 0 Å². The van der Waals surface area contributed by atoms with Crippen LogP contribution in [0.3, 0.4) is 0 Å². The van der Waals surface area contributed by atoms with Crippen molar-refractivity contribution in [1.82, 2.24) is 4.72 Å². The molecule has 2 fully saturated rings. The SMILES string of the molecule is NCCC1(CNS(=O)(=O)CC2CCCO2)CC1. The first kappa shape index (κ1) is 13.3. The molecule has 0 bridgehead atoms. The van der Waals surface area contributed by atoms with Crippen molar-refractivity contribution >= 4 is 10.0 Å². The molecule has 1 aliphatic heterocycles. The molecule has 1 heterocycles. The van der Waals surface area contributed by atoms with E-state index in [0.717, 1.165) is 32.1 Å². The van der Waals surface area contributed by atoms with Crippen molar-refractivity contribution in [1.29, 1.82) is 0 Å². The molecule has 3 N–H and O–H groups in total. The Kier molecular flexibility index (Phi) is 4.07. The maximum absolute atomic E-state index is 11.8. The fraction of sp³-hybridized carbons (Fsp3) is 1.00. The highest BCUT2D eigenvalue weighted by Gasteiger charge is 2.42. The van der Waals surface area contributed by atoms with Crippen LogP contribution >= 0.6 is 0 Å². The van der Waals surface area contributed by atoms with Gasteiger partial charge in [-0.2, -0.15) is 0 Å². The van der Waals surface area contributed by atoms with Crippen molar-refractivity contribution in [3.63, 3.8) is 0 Å². The van der Waals surface area contributed by atoms with Crippen LogP contribution in [-0.2, 0) is 14.8 Å². The zero-order chi connectivity index (χ0) is 12.4. The van der Waals surface area contributed by atoms with Crippen LogP contribution in [0.2, 0.25) is 0 Å². The predicted molar refractivity (Wildman–Crippen MR) is 66.1 cm³/mol. The lowest BCUT2D eigenvalue weighted by Gasteiger charge is -2.16. The van der Waals surface area contributed by atoms with Gasteiger partial charge in [0.2, 0.25) is 10.0 Å². The number of rotatable bonds is 7. The lowest BCUT2D eigenvalue weighted by molar-refractivity contribution is 0.127. The van der Waals surface area contributed by atoms with Crippen LogP contribution in [0.4, 0.5) is 0 Å². The number of hydrogen-bond donors (Lipinski definition) is 2. The van der Waals surface area contributed by atoms with Crippen LogP contribution < -0.4 is 10.5 Å². The van der Waals surface area contributed by atoms with Crippen molar-refractivity contribution in [3.8, 4) is 0 Å². The molecule has 1 aliphatic carbocycles. The zero-order valence-electron chi connectivity index (χ0n) is 10.2. The monoisotopic (exact) mass is 262 g/mol. The summed E-state index contributed by atoms with van der Waals surface area (Å²) in [7, 11) is -3.19. The second kappa shape index (κ2) is 5.22. The van der Waals surface area contributed by atoms with Gasteiger partial charge in [0, 0.05) is 13.2 Å². The summed E-state index contributed by atoms with van der Waals surface area (Å²) in [6.07, 6.45) is 4.80. The fourth-order valence-corrected chi connectivity index (χ4v) is 3.74. The molecule has 5 nitrogen and oxygen atoms in total. The highest BCUT2D eigenvalue weighted by Crippen LogP contribution is 2.47. The normalized spacial score (nSPS) is 27.2. The second-order valence-corrected chi connectivity index (χ2v) is 7.13. The van der Waals surface area contributed by atoms with Crippen molar-refractivity contribution in [2.75, 3.05) is 25.4 Å². The number of sulfonamides is 1. The highest BCUT2D eigenvalue weighted by atomic mass is 32.2. The van der Waals surface area contributed by atoms with Crippen LogP contribution in [0.1, 0.15) is 32.1 Å². The van der Waals surface area contributed by atoms with Crippen LogP contribution in [-0.4, -0.2) is 40.0 Å². The van der Waals surface area contributed by atoms with E-state index in [0.29, 0.717) is 19.7 Å². The number of nitrogens with two attached hydrogens (primary N) is 1. The Balaban J connectivity index is 1.77. The van der Waals surface area contributed by atoms with E-state index in [4.69, 9.17) is 10.5 Å². The van der Waals surface area contributed by atoms with Crippen LogP contribution in [0.15, 0.2) is 0 Å². The molecule has 0 spiro atoms. The van der Waals surface area contributed by atoms with Crippen LogP contribution in [0.25, 0.3) is 0 Å². The number of nitrogens with one attached hydrogen (secondary N) is 1. The molecule has 0 aromatic heterocycles. The lowest BCUT2D eigenvalue weighted by atomic mass is 10.0. The molecule has 100 valence electrons. The van der Waals surface area contributed by atoms with Gasteiger partial charge in [-0.3, -0.25) is 0 Å². The molecular formula is C11H22N2O3S. The minimum absolute atomic E-state index is 0.103. The summed E-state index contributed by atoms with van der Waals surface area (Å²) in [4.78, 5) is 0. The Labute approximate surface area is 103 Å². The Morgan fingerprint density at radius 3 is 2.71 bits per heavy atom. The van der Waals surface area contributed by atoms with E-state index in [9.17, 15) is 8.42 Å². The second-order valence-electron chi connectivity index (χ2n) is 5.28. The van der Waals surface area contributed by atoms with E-state index in [1.165, 1.54) is 0 Å². The van der Waals surface area contributed by atoms with E-state index in [-0.39, 0.29) is 17.3 Å². The summed E-state index contributed by atoms with van der Waals surface area (Å²) in [6, 6.07) is 0. The molecular weight excluding hydrogens is 240 g/mol. The van der Waals surface area contributed by atoms with Gasteiger partial charge in [-0.1, -0.05) is 0 Å². The largest absolute Gasteiger partial charge is 0.377 e. The van der Waals surface area contributed by atoms with E-state index in [1.54, 1.807) is 0 Å². The Hall–Kier alpha value is -0.170. The first-order valence-electron chi connectivity index (χ1n) is 6.34. The summed E-state index contributed by atoms with van der Waals surface area (Å²) >= 11 is 0. The van der Waals surface area contributed by atoms with Gasteiger partial charge < -0.3 is 10.5 Å². The first-order valence-corrected chi connectivity index (χ1v) is 8.00. The minimum atomic E-state index is -3.19. The van der Waals surface area contributed by atoms with Crippen molar-refractivity contribution in [3.05, 3.63) is 0 Å². The molecule has 2 rings (SSSR count). The van der Waals surface area contributed by atoms with Gasteiger partial charge >= 0.3 is 0 Å². The molecule has 1 saturated heterocycles. The summed E-state index contributed by atoms with van der Waals surface area (Å²) < 4.78 is 31.7. The summed E-state index contributed by atoms with van der Waals surface area (Å²) in [6.45, 7) is 1.87. The third-order valence-electron chi connectivity index (χ3n) is 3.73. The van der Waals surface area contributed by atoms with Gasteiger partial charge in [0.1, 0.15) is 0 Å². The molecule has 6 heteroatoms. The first-order chi connectivity index (χ1) is 8.05. The zero-order valence-corrected chi connectivity index (χ0v) is 11.0. The van der Waals surface area contributed by atoms with Gasteiger partial charge in [-0.05, 0) is 44.1 Å². The molecule has 0 amide bonds. The minimum Gasteiger partial charge on any atom is -0.377 e. The summed E-state index contributed by atoms with van der Waals surface area (Å²) in [5.74, 6) is 0.103. The van der Waals surface area contributed by atoms with Crippen molar-refractivity contribution in [2.45, 2.75) is 38.2 Å². The average molecular weight is 262 g/mol. The Morgan fingerprint density at radius 2 is 2.18 bits per heavy atom. The van der Waals surface area contributed by atoms with E-state index in [1.807, 2.05) is 0 Å². The van der Waals surface area contributed by atoms with Crippen molar-refractivity contribution in [2.24, 2.45) is 11.1 Å². The lowest BCUT2D eigenvalue weighted by Crippen LogP contribution is -2.36. The molecule has 0 aromatic carbocycles. The number of hydrogen-bond acceptors (Lipinski definition) is 4. The standard InChI is InChI=1S/C11H22N2O3S/c12-6-5-11(3-4-11)9-13-17(14,15)8-10-2-1-7-16-10/h10,13H,1-9,12H2. The van der Waals surface area contributed by atoms with Crippen LogP contribution in [0, 0.1) is 5.41 Å². The summed E-state index contributed by atoms with van der Waals surface area (Å²) in [5.41, 5.74) is 5.68. The third-order valence-corrected chi connectivity index (χ3v) is 5.12. The molecule has 0 aromatic rings. The van der Waals surface area contributed by atoms with Gasteiger partial charge in [-0.25, -0.2) is 13.1 Å². The van der Waals surface area contributed by atoms with E-state index in [2.05, 4.69) is 4.72 Å². The predicted octanol–water partition coefficient (Wildman–Crippen LogP) is 0.214. The fourth-order valence-electron chi connectivity index (χ4n) is 2.34. The van der Waals surface area contributed by atoms with Gasteiger partial charge in [0.25, 0.3) is 0 Å². The summed E-state index contributed by atoms with van der Waals surface area (Å²) in [5, 5.41) is 0. The van der Waals surface area contributed by atoms with Gasteiger partial charge in [0.05, 0.1) is 11.9 Å². The third kappa shape index (κ3) is 3.91. The topological polar surface area (TPSA) is 81.4 Å². The maximum atomic E-state index is 11.8. The van der Waals surface area contributed by atoms with Crippen molar-refractivity contribution < 1.29 is 13.2 Å². The smallest absolute Gasteiger partial charge is 0.214 e. The quantitative estimate of drug-likeness (QED) is 0.687. The Morgan fingerprint density at radius 1 is 1.41 bits per heavy atom. The Bertz CT molecular complexity index is 346. The molecule has 2 aliphatic rings. The van der Waals surface area contributed by atoms with Gasteiger partial charge in [-0.15, -0.1) is 0 Å². The van der Waals surface area contributed by atoms with Crippen LogP contribution in [0.5, 0.6) is 0 Å². The molecule has 1 saturated carbocycles. The maximum Gasteiger partial charge on any atom is 0.214 e. The average Bonchev–Trinajstić information content (AvgIpc) is 2.85. The highest BCUT2D eigenvalue weighted by molar-refractivity contribution is 7.89. The van der Waals surface area contributed by atoms with E-state index < -0.39 is 10.0 Å². The van der Waals surface area contributed by atoms with E-state index >= 15 is 0 Å². The number of ether oxygens (including phenoxy) is 1. The molecule has 17 heavy (non-hydrogen) atoms. The molecule has 0 radical (unpaired) electrons.